The zero-order chi connectivity index (χ0) is 19.4. The maximum atomic E-state index is 13.2. The SMILES string of the molecule is O=C1[C@H](Oc2ccc3ccccc3c2)[C@@]2(C3CCCCC3)c3ccsc3CCN12. The number of amides is 1. The molecule has 1 amide bonds. The Labute approximate surface area is 175 Å². The molecule has 3 heterocycles. The van der Waals surface area contributed by atoms with E-state index in [1.54, 1.807) is 0 Å². The fraction of sp³-hybridized carbons (Fsp3) is 0.400. The zero-order valence-corrected chi connectivity index (χ0v) is 17.3. The Morgan fingerprint density at radius 2 is 1.83 bits per heavy atom. The fourth-order valence-electron chi connectivity index (χ4n) is 5.99. The number of nitrogens with zero attached hydrogens (tertiary/aromatic N) is 1. The Balaban J connectivity index is 1.43. The molecule has 1 saturated carbocycles. The number of fused-ring (bicyclic) bond motifs is 4. The van der Waals surface area contributed by atoms with Crippen molar-refractivity contribution in [2.75, 3.05) is 6.54 Å². The van der Waals surface area contributed by atoms with E-state index in [9.17, 15) is 4.79 Å². The van der Waals surface area contributed by atoms with Crippen molar-refractivity contribution in [3.05, 3.63) is 64.4 Å². The van der Waals surface area contributed by atoms with Crippen LogP contribution in [0.25, 0.3) is 10.8 Å². The number of ether oxygens (including phenoxy) is 1. The van der Waals surface area contributed by atoms with E-state index in [0.29, 0.717) is 5.92 Å². The summed E-state index contributed by atoms with van der Waals surface area (Å²) >= 11 is 1.85. The quantitative estimate of drug-likeness (QED) is 0.539. The number of benzene rings is 2. The number of β-lactam (4-membered cyclic amide) rings is 1. The number of carbonyl (C=O) groups is 1. The second kappa shape index (κ2) is 6.60. The van der Waals surface area contributed by atoms with Gasteiger partial charge in [0, 0.05) is 11.4 Å². The van der Waals surface area contributed by atoms with Crippen molar-refractivity contribution in [2.45, 2.75) is 50.2 Å². The van der Waals surface area contributed by atoms with Crippen LogP contribution in [0.1, 0.15) is 42.5 Å². The molecule has 2 fully saturated rings. The number of hydrogen-bond acceptors (Lipinski definition) is 3. The van der Waals surface area contributed by atoms with Gasteiger partial charge in [0.2, 0.25) is 6.10 Å². The van der Waals surface area contributed by atoms with Crippen LogP contribution >= 0.6 is 11.3 Å². The average Bonchev–Trinajstić information content (AvgIpc) is 3.25. The molecule has 0 unspecified atom stereocenters. The van der Waals surface area contributed by atoms with Crippen LogP contribution in [0.4, 0.5) is 0 Å². The highest BCUT2D eigenvalue weighted by molar-refractivity contribution is 7.10. The Morgan fingerprint density at radius 3 is 2.69 bits per heavy atom. The van der Waals surface area contributed by atoms with Crippen LogP contribution < -0.4 is 4.74 Å². The second-order valence-corrected chi connectivity index (χ2v) is 9.67. The molecule has 1 saturated heterocycles. The minimum Gasteiger partial charge on any atom is -0.478 e. The van der Waals surface area contributed by atoms with Crippen LogP contribution in [0.2, 0.25) is 0 Å². The molecule has 148 valence electrons. The Morgan fingerprint density at radius 1 is 1.00 bits per heavy atom. The van der Waals surface area contributed by atoms with Gasteiger partial charge in [0.15, 0.2) is 0 Å². The Hall–Kier alpha value is -2.33. The first-order valence-electron chi connectivity index (χ1n) is 10.8. The van der Waals surface area contributed by atoms with Gasteiger partial charge < -0.3 is 9.64 Å². The molecule has 2 aliphatic heterocycles. The van der Waals surface area contributed by atoms with E-state index < -0.39 is 6.10 Å². The maximum absolute atomic E-state index is 13.2. The van der Waals surface area contributed by atoms with Gasteiger partial charge in [-0.15, -0.1) is 11.3 Å². The van der Waals surface area contributed by atoms with E-state index in [4.69, 9.17) is 4.74 Å². The van der Waals surface area contributed by atoms with Gasteiger partial charge >= 0.3 is 0 Å². The van der Waals surface area contributed by atoms with Gasteiger partial charge in [-0.2, -0.15) is 0 Å². The van der Waals surface area contributed by atoms with Crippen LogP contribution in [0.15, 0.2) is 53.9 Å². The molecule has 0 radical (unpaired) electrons. The fourth-order valence-corrected chi connectivity index (χ4v) is 6.92. The van der Waals surface area contributed by atoms with Gasteiger partial charge in [-0.3, -0.25) is 4.79 Å². The van der Waals surface area contributed by atoms with Crippen LogP contribution in [0, 0.1) is 5.92 Å². The number of rotatable bonds is 3. The van der Waals surface area contributed by atoms with Crippen LogP contribution in [-0.2, 0) is 16.8 Å². The molecule has 3 aromatic rings. The van der Waals surface area contributed by atoms with Crippen molar-refractivity contribution in [2.24, 2.45) is 5.92 Å². The number of carbonyl (C=O) groups excluding carboxylic acids is 1. The maximum Gasteiger partial charge on any atom is 0.267 e. The highest BCUT2D eigenvalue weighted by atomic mass is 32.1. The van der Waals surface area contributed by atoms with Crippen molar-refractivity contribution >= 4 is 28.0 Å². The Kier molecular flexibility index (Phi) is 3.98. The van der Waals surface area contributed by atoms with E-state index in [1.165, 1.54) is 47.9 Å². The monoisotopic (exact) mass is 403 g/mol. The lowest BCUT2D eigenvalue weighted by Gasteiger charge is -2.62. The van der Waals surface area contributed by atoms with E-state index >= 15 is 0 Å². The summed E-state index contributed by atoms with van der Waals surface area (Å²) in [5, 5.41) is 4.55. The topological polar surface area (TPSA) is 29.5 Å². The van der Waals surface area contributed by atoms with Crippen molar-refractivity contribution in [3.8, 4) is 5.75 Å². The standard InChI is InChI=1S/C25H25NO2S/c27-24-23(28-20-11-10-17-6-4-5-7-18(17)16-20)25(19-8-2-1-3-9-19)21-13-15-29-22(21)12-14-26(24)25/h4-7,10-11,13,15-16,19,23H,1-3,8-9,12,14H2/t23-,25+/m0/s1. The smallest absolute Gasteiger partial charge is 0.267 e. The summed E-state index contributed by atoms with van der Waals surface area (Å²) in [7, 11) is 0. The summed E-state index contributed by atoms with van der Waals surface area (Å²) < 4.78 is 6.54. The molecule has 2 atom stereocenters. The van der Waals surface area contributed by atoms with Crippen molar-refractivity contribution in [1.82, 2.24) is 4.90 Å². The number of hydrogen-bond donors (Lipinski definition) is 0. The van der Waals surface area contributed by atoms with Crippen LogP contribution in [-0.4, -0.2) is 23.5 Å². The van der Waals surface area contributed by atoms with Gasteiger partial charge in [0.05, 0.1) is 0 Å². The summed E-state index contributed by atoms with van der Waals surface area (Å²) in [4.78, 5) is 16.9. The highest BCUT2D eigenvalue weighted by Crippen LogP contribution is 2.56. The normalized spacial score (nSPS) is 26.7. The molecule has 0 bridgehead atoms. The van der Waals surface area contributed by atoms with Gasteiger partial charge in [-0.25, -0.2) is 0 Å². The van der Waals surface area contributed by atoms with Gasteiger partial charge in [-0.05, 0) is 65.1 Å². The van der Waals surface area contributed by atoms with Gasteiger partial charge in [0.25, 0.3) is 5.91 Å². The lowest BCUT2D eigenvalue weighted by molar-refractivity contribution is -0.198. The molecule has 1 aromatic heterocycles. The third-order valence-corrected chi connectivity index (χ3v) is 8.26. The summed E-state index contributed by atoms with van der Waals surface area (Å²) in [6.07, 6.45) is 6.80. The van der Waals surface area contributed by atoms with Crippen molar-refractivity contribution in [3.63, 3.8) is 0 Å². The zero-order valence-electron chi connectivity index (χ0n) is 16.5. The van der Waals surface area contributed by atoms with Gasteiger partial charge in [-0.1, -0.05) is 49.6 Å². The first-order valence-corrected chi connectivity index (χ1v) is 11.7. The van der Waals surface area contributed by atoms with Crippen molar-refractivity contribution < 1.29 is 9.53 Å². The molecule has 2 aromatic carbocycles. The second-order valence-electron chi connectivity index (χ2n) is 8.66. The third kappa shape index (κ3) is 2.45. The molecule has 3 aliphatic rings. The van der Waals surface area contributed by atoms with E-state index in [2.05, 4.69) is 40.6 Å². The summed E-state index contributed by atoms with van der Waals surface area (Å²) in [6, 6.07) is 16.8. The summed E-state index contributed by atoms with van der Waals surface area (Å²) in [5.74, 6) is 1.47. The molecule has 3 nitrogen and oxygen atoms in total. The van der Waals surface area contributed by atoms with Gasteiger partial charge in [0.1, 0.15) is 11.3 Å². The minimum absolute atomic E-state index is 0.167. The summed E-state index contributed by atoms with van der Waals surface area (Å²) in [5.41, 5.74) is 1.10. The molecule has 6 rings (SSSR count). The third-order valence-electron chi connectivity index (χ3n) is 7.28. The molecule has 0 spiro atoms. The molecular formula is C25H25NO2S. The highest BCUT2D eigenvalue weighted by Gasteiger charge is 2.67. The lowest BCUT2D eigenvalue weighted by Crippen LogP contribution is -2.78. The predicted molar refractivity (Wildman–Crippen MR) is 116 cm³/mol. The predicted octanol–water partition coefficient (Wildman–Crippen LogP) is 5.52. The van der Waals surface area contributed by atoms with E-state index in [1.807, 2.05) is 29.5 Å². The van der Waals surface area contributed by atoms with E-state index in [-0.39, 0.29) is 11.4 Å². The van der Waals surface area contributed by atoms with E-state index in [0.717, 1.165) is 24.1 Å². The largest absolute Gasteiger partial charge is 0.478 e. The molecule has 1 aliphatic carbocycles. The molecule has 29 heavy (non-hydrogen) atoms. The summed E-state index contributed by atoms with van der Waals surface area (Å²) in [6.45, 7) is 0.834. The van der Waals surface area contributed by atoms with Crippen molar-refractivity contribution in [1.29, 1.82) is 0 Å². The molecule has 4 heteroatoms. The molecular weight excluding hydrogens is 378 g/mol. The first-order chi connectivity index (χ1) is 14.3. The minimum atomic E-state index is -0.402. The molecule has 0 N–H and O–H groups in total. The lowest BCUT2D eigenvalue weighted by atomic mass is 9.61. The van der Waals surface area contributed by atoms with Crippen LogP contribution in [0.5, 0.6) is 5.75 Å². The Bertz CT molecular complexity index is 1080. The first kappa shape index (κ1) is 17.5. The van der Waals surface area contributed by atoms with Crippen LogP contribution in [0.3, 0.4) is 0 Å². The number of thiophene rings is 1. The average molecular weight is 404 g/mol.